The van der Waals surface area contributed by atoms with E-state index in [1.807, 2.05) is 6.92 Å². The van der Waals surface area contributed by atoms with Crippen LogP contribution in [0.1, 0.15) is 78.1 Å². The first-order valence-electron chi connectivity index (χ1n) is 12.8. The monoisotopic (exact) mass is 543 g/mol. The molecule has 7 nitrogen and oxygen atoms in total. The van der Waals surface area contributed by atoms with Crippen molar-refractivity contribution in [3.8, 4) is 0 Å². The Balaban J connectivity index is 1.46. The summed E-state index contributed by atoms with van der Waals surface area (Å²) in [6.45, 7) is 2.20. The van der Waals surface area contributed by atoms with E-state index in [0.717, 1.165) is 31.2 Å². The van der Waals surface area contributed by atoms with E-state index >= 15 is 0 Å². The zero-order valence-corrected chi connectivity index (χ0v) is 22.4. The van der Waals surface area contributed by atoms with Crippen LogP contribution in [0.15, 0.2) is 42.5 Å². The Labute approximate surface area is 227 Å². The third-order valence-corrected chi connectivity index (χ3v) is 7.81. The summed E-state index contributed by atoms with van der Waals surface area (Å²) in [5.74, 6) is -1.08. The fourth-order valence-electron chi connectivity index (χ4n) is 5.10. The van der Waals surface area contributed by atoms with Crippen molar-refractivity contribution in [3.05, 3.63) is 69.2 Å². The van der Waals surface area contributed by atoms with Gasteiger partial charge in [-0.1, -0.05) is 61.2 Å². The number of hydrogen-bond donors (Lipinski definition) is 1. The molecule has 1 aliphatic carbocycles. The van der Waals surface area contributed by atoms with Gasteiger partial charge in [-0.3, -0.25) is 24.1 Å². The molecule has 2 aromatic rings. The molecule has 0 saturated heterocycles. The topological polar surface area (TPSA) is 86.8 Å². The predicted octanol–water partition coefficient (Wildman–Crippen LogP) is 5.24. The Morgan fingerprint density at radius 3 is 2.27 bits per heavy atom. The maximum Gasteiger partial charge on any atom is 0.261 e. The molecule has 1 aliphatic heterocycles. The summed E-state index contributed by atoms with van der Waals surface area (Å²) in [7, 11) is 0. The first kappa shape index (κ1) is 27.1. The molecule has 4 amide bonds. The van der Waals surface area contributed by atoms with Crippen LogP contribution in [0.25, 0.3) is 0 Å². The quantitative estimate of drug-likeness (QED) is 0.415. The zero-order valence-electron chi connectivity index (χ0n) is 20.8. The molecule has 1 heterocycles. The van der Waals surface area contributed by atoms with Crippen LogP contribution < -0.4 is 5.32 Å². The van der Waals surface area contributed by atoms with Crippen LogP contribution >= 0.6 is 23.2 Å². The summed E-state index contributed by atoms with van der Waals surface area (Å²) in [6, 6.07) is 11.4. The number of hydrogen-bond acceptors (Lipinski definition) is 4. The first-order valence-corrected chi connectivity index (χ1v) is 13.5. The largest absolute Gasteiger partial charge is 0.352 e. The number of carbonyl (C=O) groups excluding carboxylic acids is 4. The number of benzene rings is 2. The summed E-state index contributed by atoms with van der Waals surface area (Å²) in [6.07, 6.45) is 4.90. The second kappa shape index (κ2) is 12.1. The van der Waals surface area contributed by atoms with E-state index in [4.69, 9.17) is 23.2 Å². The highest BCUT2D eigenvalue weighted by atomic mass is 35.5. The zero-order chi connectivity index (χ0) is 26.5. The van der Waals surface area contributed by atoms with Crippen LogP contribution in [0, 0.1) is 0 Å². The molecule has 4 rings (SSSR count). The van der Waals surface area contributed by atoms with Crippen molar-refractivity contribution in [1.82, 2.24) is 15.1 Å². The summed E-state index contributed by atoms with van der Waals surface area (Å²) in [5, 5.41) is 3.90. The lowest BCUT2D eigenvalue weighted by molar-refractivity contribution is -0.141. The number of nitrogens with zero attached hydrogens (tertiary/aromatic N) is 2. The normalized spacial score (nSPS) is 16.1. The van der Waals surface area contributed by atoms with Gasteiger partial charge in [0.2, 0.25) is 11.8 Å². The minimum atomic E-state index is -0.651. The highest BCUT2D eigenvalue weighted by Crippen LogP contribution is 2.26. The smallest absolute Gasteiger partial charge is 0.261 e. The molecule has 196 valence electrons. The lowest BCUT2D eigenvalue weighted by atomic mass is 10.1. The molecular weight excluding hydrogens is 513 g/mol. The van der Waals surface area contributed by atoms with E-state index in [2.05, 4.69) is 5.32 Å². The number of rotatable bonds is 10. The molecule has 1 atom stereocenters. The van der Waals surface area contributed by atoms with Crippen molar-refractivity contribution in [2.24, 2.45) is 0 Å². The molecule has 1 fully saturated rings. The molecule has 9 heteroatoms. The molecule has 2 aliphatic rings. The van der Waals surface area contributed by atoms with Crippen LogP contribution in [0.5, 0.6) is 0 Å². The predicted molar refractivity (Wildman–Crippen MR) is 143 cm³/mol. The van der Waals surface area contributed by atoms with Crippen molar-refractivity contribution < 1.29 is 19.2 Å². The average molecular weight is 544 g/mol. The number of imide groups is 1. The Morgan fingerprint density at radius 2 is 1.68 bits per heavy atom. The van der Waals surface area contributed by atoms with Crippen molar-refractivity contribution in [3.63, 3.8) is 0 Å². The fraction of sp³-hybridized carbons (Fsp3) is 0.429. The first-order chi connectivity index (χ1) is 17.8. The van der Waals surface area contributed by atoms with Gasteiger partial charge in [-0.25, -0.2) is 0 Å². The number of nitrogens with one attached hydrogen (secondary N) is 1. The maximum atomic E-state index is 13.5. The van der Waals surface area contributed by atoms with Gasteiger partial charge in [0.1, 0.15) is 6.04 Å². The average Bonchev–Trinajstić information content (AvgIpc) is 3.48. The molecule has 0 unspecified atom stereocenters. The van der Waals surface area contributed by atoms with E-state index in [0.29, 0.717) is 34.0 Å². The summed E-state index contributed by atoms with van der Waals surface area (Å²) in [4.78, 5) is 54.8. The highest BCUT2D eigenvalue weighted by Gasteiger charge is 2.35. The van der Waals surface area contributed by atoms with Crippen LogP contribution in [-0.4, -0.2) is 52.1 Å². The molecule has 1 N–H and O–H groups in total. The van der Waals surface area contributed by atoms with Crippen LogP contribution in [0.2, 0.25) is 10.0 Å². The van der Waals surface area contributed by atoms with Gasteiger partial charge in [-0.05, 0) is 55.5 Å². The third-order valence-electron chi connectivity index (χ3n) is 7.07. The molecule has 0 aromatic heterocycles. The minimum Gasteiger partial charge on any atom is -0.352 e. The SMILES string of the molecule is CC[C@H](C(=O)NC1CCCC1)N(Cc1ccc(Cl)c(Cl)c1)C(=O)CCCN1C(=O)c2ccccc2C1=O. The molecule has 0 bridgehead atoms. The molecule has 0 spiro atoms. The second-order valence-electron chi connectivity index (χ2n) is 9.60. The van der Waals surface area contributed by atoms with Crippen LogP contribution in [0.3, 0.4) is 0 Å². The fourth-order valence-corrected chi connectivity index (χ4v) is 5.42. The van der Waals surface area contributed by atoms with Crippen LogP contribution in [-0.2, 0) is 16.1 Å². The second-order valence-corrected chi connectivity index (χ2v) is 10.4. The Bertz CT molecular complexity index is 1160. The summed E-state index contributed by atoms with van der Waals surface area (Å²) < 4.78 is 0. The van der Waals surface area contributed by atoms with Crippen LogP contribution in [0.4, 0.5) is 0 Å². The van der Waals surface area contributed by atoms with E-state index in [9.17, 15) is 19.2 Å². The number of fused-ring (bicyclic) bond motifs is 1. The van der Waals surface area contributed by atoms with Gasteiger partial charge in [0.05, 0.1) is 21.2 Å². The Hall–Kier alpha value is -2.90. The van der Waals surface area contributed by atoms with Gasteiger partial charge in [0.25, 0.3) is 11.8 Å². The van der Waals surface area contributed by atoms with E-state index in [-0.39, 0.29) is 49.2 Å². The summed E-state index contributed by atoms with van der Waals surface area (Å²) in [5.41, 5.74) is 1.53. The minimum absolute atomic E-state index is 0.0853. The van der Waals surface area contributed by atoms with Gasteiger partial charge in [-0.15, -0.1) is 0 Å². The summed E-state index contributed by atoms with van der Waals surface area (Å²) >= 11 is 12.3. The number of halogens is 2. The maximum absolute atomic E-state index is 13.5. The van der Waals surface area contributed by atoms with Gasteiger partial charge >= 0.3 is 0 Å². The highest BCUT2D eigenvalue weighted by molar-refractivity contribution is 6.42. The van der Waals surface area contributed by atoms with Gasteiger partial charge in [0, 0.05) is 25.6 Å². The van der Waals surface area contributed by atoms with Crippen molar-refractivity contribution in [1.29, 1.82) is 0 Å². The molecule has 37 heavy (non-hydrogen) atoms. The molecule has 2 aromatic carbocycles. The Morgan fingerprint density at radius 1 is 1.03 bits per heavy atom. The molecular formula is C28H31Cl2N3O4. The number of carbonyl (C=O) groups is 4. The van der Waals surface area contributed by atoms with Crippen molar-refractivity contribution >= 4 is 46.8 Å². The third kappa shape index (κ3) is 6.16. The standard InChI is InChI=1S/C28H31Cl2N3O4/c1-2-24(26(35)31-19-8-3-4-9-19)33(17-18-13-14-22(29)23(30)16-18)25(34)12-7-15-32-27(36)20-10-5-6-11-21(20)28(32)37/h5-6,10-11,13-14,16,19,24H,2-4,7-9,12,15,17H2,1H3,(H,31,35)/t24-/m1/s1. The van der Waals surface area contributed by atoms with Crippen molar-refractivity contribution in [2.75, 3.05) is 6.54 Å². The number of amides is 4. The van der Waals surface area contributed by atoms with Gasteiger partial charge in [0.15, 0.2) is 0 Å². The van der Waals surface area contributed by atoms with E-state index in [1.165, 1.54) is 4.90 Å². The molecule has 1 saturated carbocycles. The van der Waals surface area contributed by atoms with E-state index in [1.54, 1.807) is 47.4 Å². The lowest BCUT2D eigenvalue weighted by Gasteiger charge is -2.32. The van der Waals surface area contributed by atoms with E-state index < -0.39 is 6.04 Å². The van der Waals surface area contributed by atoms with Gasteiger partial charge in [-0.2, -0.15) is 0 Å². The van der Waals surface area contributed by atoms with Gasteiger partial charge < -0.3 is 10.2 Å². The Kier molecular flexibility index (Phi) is 8.87. The lowest BCUT2D eigenvalue weighted by Crippen LogP contribution is -2.51. The molecule has 0 radical (unpaired) electrons. The van der Waals surface area contributed by atoms with Crippen molar-refractivity contribution in [2.45, 2.75) is 70.5 Å².